The number of likely N-dealkylation sites (N-methyl/N-ethyl adjacent to an activating group) is 1. The molecule has 0 saturated heterocycles. The third kappa shape index (κ3) is 4.81. The zero-order valence-electron chi connectivity index (χ0n) is 11.3. The summed E-state index contributed by atoms with van der Waals surface area (Å²) in [5.74, 6) is 0.450. The highest BCUT2D eigenvalue weighted by molar-refractivity contribution is 6.34. The van der Waals surface area contributed by atoms with Gasteiger partial charge >= 0.3 is 0 Å². The number of carbonyl (C=O) groups excluding carboxylic acids is 1. The Morgan fingerprint density at radius 3 is 2.50 bits per heavy atom. The average molecular weight is 338 g/mol. The van der Waals surface area contributed by atoms with Crippen molar-refractivity contribution in [2.24, 2.45) is 5.92 Å². The van der Waals surface area contributed by atoms with Crippen LogP contribution < -0.4 is 10.6 Å². The number of rotatable bonds is 6. The SMILES string of the molecule is CCNCCNC(=O)C1CC1c1cc(Cl)cc(Cl)c1.Cl. The van der Waals surface area contributed by atoms with Crippen LogP contribution in [-0.2, 0) is 4.79 Å². The molecule has 0 bridgehead atoms. The van der Waals surface area contributed by atoms with E-state index in [0.29, 0.717) is 16.6 Å². The third-order valence-electron chi connectivity index (χ3n) is 3.29. The van der Waals surface area contributed by atoms with Crippen LogP contribution >= 0.6 is 35.6 Å². The molecule has 1 saturated carbocycles. The van der Waals surface area contributed by atoms with Gasteiger partial charge in [0, 0.05) is 29.1 Å². The molecule has 20 heavy (non-hydrogen) atoms. The quantitative estimate of drug-likeness (QED) is 0.782. The average Bonchev–Trinajstić information content (AvgIpc) is 3.13. The summed E-state index contributed by atoms with van der Waals surface area (Å²) in [6, 6.07) is 5.49. The fourth-order valence-corrected chi connectivity index (χ4v) is 2.77. The molecule has 0 radical (unpaired) electrons. The fraction of sp³-hybridized carbons (Fsp3) is 0.500. The lowest BCUT2D eigenvalue weighted by atomic mass is 10.1. The fourth-order valence-electron chi connectivity index (χ4n) is 2.22. The first-order valence-electron chi connectivity index (χ1n) is 6.56. The van der Waals surface area contributed by atoms with Crippen LogP contribution in [0.3, 0.4) is 0 Å². The van der Waals surface area contributed by atoms with E-state index in [2.05, 4.69) is 10.6 Å². The normalized spacial score (nSPS) is 20.1. The minimum absolute atomic E-state index is 0. The van der Waals surface area contributed by atoms with Gasteiger partial charge in [0.05, 0.1) is 0 Å². The van der Waals surface area contributed by atoms with Gasteiger partial charge in [-0.15, -0.1) is 12.4 Å². The number of hydrogen-bond acceptors (Lipinski definition) is 2. The van der Waals surface area contributed by atoms with Crippen molar-refractivity contribution in [1.82, 2.24) is 10.6 Å². The van der Waals surface area contributed by atoms with E-state index >= 15 is 0 Å². The molecule has 0 aliphatic heterocycles. The number of halogens is 3. The van der Waals surface area contributed by atoms with Crippen molar-refractivity contribution in [3.05, 3.63) is 33.8 Å². The Morgan fingerprint density at radius 2 is 1.90 bits per heavy atom. The standard InChI is InChI=1S/C14H18Cl2N2O.ClH/c1-2-17-3-4-18-14(19)13-8-12(13)9-5-10(15)7-11(16)6-9;/h5-7,12-13,17H,2-4,8H2,1H3,(H,18,19);1H. The molecule has 2 N–H and O–H groups in total. The summed E-state index contributed by atoms with van der Waals surface area (Å²) in [6.45, 7) is 4.44. The molecule has 6 heteroatoms. The second-order valence-corrected chi connectivity index (χ2v) is 5.67. The summed E-state index contributed by atoms with van der Waals surface area (Å²) in [6.07, 6.45) is 0.879. The molecule has 2 atom stereocenters. The molecule has 0 spiro atoms. The lowest BCUT2D eigenvalue weighted by Crippen LogP contribution is -2.32. The molecule has 0 aromatic heterocycles. The van der Waals surface area contributed by atoms with Gasteiger partial charge < -0.3 is 10.6 Å². The van der Waals surface area contributed by atoms with Crippen molar-refractivity contribution in [2.75, 3.05) is 19.6 Å². The van der Waals surface area contributed by atoms with E-state index in [9.17, 15) is 4.79 Å². The summed E-state index contributed by atoms with van der Waals surface area (Å²) in [5.41, 5.74) is 1.06. The van der Waals surface area contributed by atoms with Crippen molar-refractivity contribution in [1.29, 1.82) is 0 Å². The van der Waals surface area contributed by atoms with E-state index in [1.165, 1.54) is 0 Å². The van der Waals surface area contributed by atoms with Crippen molar-refractivity contribution in [3.63, 3.8) is 0 Å². The molecule has 1 aliphatic carbocycles. The van der Waals surface area contributed by atoms with Crippen molar-refractivity contribution >= 4 is 41.5 Å². The third-order valence-corrected chi connectivity index (χ3v) is 3.73. The van der Waals surface area contributed by atoms with Crippen LogP contribution in [0.15, 0.2) is 18.2 Å². The lowest BCUT2D eigenvalue weighted by Gasteiger charge is -2.06. The first-order valence-corrected chi connectivity index (χ1v) is 7.32. The number of carbonyl (C=O) groups is 1. The highest BCUT2D eigenvalue weighted by Gasteiger charge is 2.43. The van der Waals surface area contributed by atoms with Gasteiger partial charge in [0.25, 0.3) is 0 Å². The van der Waals surface area contributed by atoms with E-state index in [1.807, 2.05) is 19.1 Å². The molecular weight excluding hydrogens is 319 g/mol. The topological polar surface area (TPSA) is 41.1 Å². The largest absolute Gasteiger partial charge is 0.355 e. The number of nitrogens with one attached hydrogen (secondary N) is 2. The maximum absolute atomic E-state index is 11.9. The number of benzene rings is 1. The Bertz CT molecular complexity index is 447. The van der Waals surface area contributed by atoms with Crippen molar-refractivity contribution < 1.29 is 4.79 Å². The van der Waals surface area contributed by atoms with Crippen LogP contribution in [0.25, 0.3) is 0 Å². The van der Waals surface area contributed by atoms with Crippen molar-refractivity contribution in [2.45, 2.75) is 19.3 Å². The second-order valence-electron chi connectivity index (χ2n) is 4.80. The van der Waals surface area contributed by atoms with Gasteiger partial charge in [0.1, 0.15) is 0 Å². The van der Waals surface area contributed by atoms with Gasteiger partial charge in [-0.1, -0.05) is 30.1 Å². The smallest absolute Gasteiger partial charge is 0.223 e. The van der Waals surface area contributed by atoms with Gasteiger partial charge in [-0.05, 0) is 42.6 Å². The van der Waals surface area contributed by atoms with E-state index in [0.717, 1.165) is 25.1 Å². The maximum Gasteiger partial charge on any atom is 0.223 e. The Labute approximate surface area is 135 Å². The molecule has 1 aromatic carbocycles. The van der Waals surface area contributed by atoms with E-state index < -0.39 is 0 Å². The zero-order valence-corrected chi connectivity index (χ0v) is 13.6. The minimum atomic E-state index is 0. The van der Waals surface area contributed by atoms with Crippen LogP contribution in [0.2, 0.25) is 10.0 Å². The molecule has 1 amide bonds. The molecule has 0 heterocycles. The van der Waals surface area contributed by atoms with Gasteiger partial charge in [-0.25, -0.2) is 0 Å². The van der Waals surface area contributed by atoms with Gasteiger partial charge in [-0.3, -0.25) is 4.79 Å². The van der Waals surface area contributed by atoms with Crippen LogP contribution in [0, 0.1) is 5.92 Å². The van der Waals surface area contributed by atoms with E-state index in [-0.39, 0.29) is 30.2 Å². The second kappa shape index (κ2) is 8.08. The molecule has 1 fully saturated rings. The highest BCUT2D eigenvalue weighted by atomic mass is 35.5. The summed E-state index contributed by atoms with van der Waals surface area (Å²) in [5, 5.41) is 7.36. The summed E-state index contributed by atoms with van der Waals surface area (Å²) >= 11 is 11.9. The predicted molar refractivity (Wildman–Crippen MR) is 86.1 cm³/mol. The van der Waals surface area contributed by atoms with Gasteiger partial charge in [-0.2, -0.15) is 0 Å². The van der Waals surface area contributed by atoms with Crippen molar-refractivity contribution in [3.8, 4) is 0 Å². The van der Waals surface area contributed by atoms with E-state index in [1.54, 1.807) is 6.07 Å². The minimum Gasteiger partial charge on any atom is -0.355 e. The first-order chi connectivity index (χ1) is 9.11. The van der Waals surface area contributed by atoms with Crippen LogP contribution in [0.4, 0.5) is 0 Å². The van der Waals surface area contributed by atoms with Crippen LogP contribution in [0.5, 0.6) is 0 Å². The first kappa shape index (κ1) is 17.6. The molecule has 2 rings (SSSR count). The van der Waals surface area contributed by atoms with E-state index in [4.69, 9.17) is 23.2 Å². The Balaban J connectivity index is 0.00000200. The Morgan fingerprint density at radius 1 is 1.25 bits per heavy atom. The Hall–Kier alpha value is -0.480. The molecule has 3 nitrogen and oxygen atoms in total. The highest BCUT2D eigenvalue weighted by Crippen LogP contribution is 2.48. The molecule has 1 aromatic rings. The van der Waals surface area contributed by atoms with Gasteiger partial charge in [0.15, 0.2) is 0 Å². The lowest BCUT2D eigenvalue weighted by molar-refractivity contribution is -0.122. The summed E-state index contributed by atoms with van der Waals surface area (Å²) in [7, 11) is 0. The molecule has 2 unspecified atom stereocenters. The zero-order chi connectivity index (χ0) is 13.8. The van der Waals surface area contributed by atoms with Crippen LogP contribution in [0.1, 0.15) is 24.8 Å². The molecule has 1 aliphatic rings. The summed E-state index contributed by atoms with van der Waals surface area (Å²) < 4.78 is 0. The van der Waals surface area contributed by atoms with Crippen LogP contribution in [-0.4, -0.2) is 25.5 Å². The Kier molecular flexibility index (Phi) is 7.10. The predicted octanol–water partition coefficient (Wildman–Crippen LogP) is 3.24. The molecule has 112 valence electrons. The van der Waals surface area contributed by atoms with Gasteiger partial charge in [0.2, 0.25) is 5.91 Å². The summed E-state index contributed by atoms with van der Waals surface area (Å²) in [4.78, 5) is 11.9. The maximum atomic E-state index is 11.9. The molecular formula is C14H19Cl3N2O. The number of amides is 1. The monoisotopic (exact) mass is 336 g/mol. The number of hydrogen-bond donors (Lipinski definition) is 2.